The number of benzene rings is 1. The molecule has 0 radical (unpaired) electrons. The van der Waals surface area contributed by atoms with Crippen LogP contribution in [-0.2, 0) is 11.0 Å². The molecule has 78 valence electrons. The highest BCUT2D eigenvalue weighted by Gasteiger charge is 2.33. The van der Waals surface area contributed by atoms with Crippen molar-refractivity contribution in [3.8, 4) is 11.8 Å². The minimum Gasteiger partial charge on any atom is -0.289 e. The minimum atomic E-state index is -4.72. The van der Waals surface area contributed by atoms with Crippen LogP contribution in [0.1, 0.15) is 11.1 Å². The largest absolute Gasteiger partial charge is 0.419 e. The Bertz CT molecular complexity index is 437. The van der Waals surface area contributed by atoms with Crippen LogP contribution in [0, 0.1) is 17.7 Å². The molecule has 0 spiro atoms. The highest BCUT2D eigenvalue weighted by molar-refractivity contribution is 5.73. The third-order valence-electron chi connectivity index (χ3n) is 1.55. The van der Waals surface area contributed by atoms with Gasteiger partial charge in [0.25, 0.3) is 0 Å². The monoisotopic (exact) mass is 216 g/mol. The van der Waals surface area contributed by atoms with Crippen LogP contribution in [0.2, 0.25) is 0 Å². The first-order valence-corrected chi connectivity index (χ1v) is 3.77. The summed E-state index contributed by atoms with van der Waals surface area (Å²) >= 11 is 0. The molecule has 15 heavy (non-hydrogen) atoms. The zero-order chi connectivity index (χ0) is 11.5. The van der Waals surface area contributed by atoms with Crippen LogP contribution in [0.3, 0.4) is 0 Å². The lowest BCUT2D eigenvalue weighted by atomic mass is 10.1. The van der Waals surface area contributed by atoms with Gasteiger partial charge >= 0.3 is 6.18 Å². The smallest absolute Gasteiger partial charge is 0.289 e. The van der Waals surface area contributed by atoms with Gasteiger partial charge in [-0.1, -0.05) is 5.92 Å². The van der Waals surface area contributed by atoms with E-state index < -0.39 is 17.6 Å². The molecule has 0 aliphatic rings. The molecule has 0 atom stereocenters. The Morgan fingerprint density at radius 3 is 2.40 bits per heavy atom. The van der Waals surface area contributed by atoms with Crippen LogP contribution in [0.5, 0.6) is 0 Å². The van der Waals surface area contributed by atoms with E-state index in [0.29, 0.717) is 12.1 Å². The van der Waals surface area contributed by atoms with Crippen molar-refractivity contribution in [2.24, 2.45) is 0 Å². The zero-order valence-corrected chi connectivity index (χ0v) is 7.23. The van der Waals surface area contributed by atoms with Gasteiger partial charge in [-0.05, 0) is 24.1 Å². The predicted molar refractivity (Wildman–Crippen MR) is 44.3 cm³/mol. The molecule has 0 aromatic heterocycles. The van der Waals surface area contributed by atoms with Crippen molar-refractivity contribution >= 4 is 6.29 Å². The fraction of sp³-hybridized carbons (Fsp3) is 0.100. The van der Waals surface area contributed by atoms with Crippen molar-refractivity contribution in [3.05, 3.63) is 35.1 Å². The van der Waals surface area contributed by atoms with Crippen molar-refractivity contribution in [1.29, 1.82) is 0 Å². The lowest BCUT2D eigenvalue weighted by molar-refractivity contribution is -0.140. The normalized spacial score (nSPS) is 10.4. The summed E-state index contributed by atoms with van der Waals surface area (Å²) in [6.45, 7) is 0. The third kappa shape index (κ3) is 2.81. The average Bonchev–Trinajstić information content (AvgIpc) is 2.12. The Morgan fingerprint density at radius 2 is 1.93 bits per heavy atom. The second-order valence-corrected chi connectivity index (χ2v) is 2.58. The molecular weight excluding hydrogens is 212 g/mol. The zero-order valence-electron chi connectivity index (χ0n) is 7.23. The number of rotatable bonds is 0. The van der Waals surface area contributed by atoms with Gasteiger partial charge in [0, 0.05) is 5.56 Å². The summed E-state index contributed by atoms with van der Waals surface area (Å²) in [5.74, 6) is 2.76. The molecule has 0 saturated heterocycles. The van der Waals surface area contributed by atoms with Crippen molar-refractivity contribution < 1.29 is 22.4 Å². The number of carbonyl (C=O) groups excluding carboxylic acids is 1. The van der Waals surface area contributed by atoms with E-state index in [9.17, 15) is 22.4 Å². The SMILES string of the molecule is O=CC#Cc1ccc(C(F)(F)F)c(F)c1. The molecule has 5 heteroatoms. The average molecular weight is 216 g/mol. The van der Waals surface area contributed by atoms with E-state index in [0.717, 1.165) is 6.07 Å². The molecule has 1 rings (SSSR count). The Labute approximate surface area is 82.7 Å². The number of halogens is 4. The standard InChI is InChI=1S/C10H4F4O/c11-9-6-7(2-1-5-15)3-4-8(9)10(12,13)14/h3-6H. The van der Waals surface area contributed by atoms with Gasteiger partial charge in [-0.3, -0.25) is 4.79 Å². The summed E-state index contributed by atoms with van der Waals surface area (Å²) < 4.78 is 49.2. The van der Waals surface area contributed by atoms with Crippen LogP contribution >= 0.6 is 0 Å². The number of aldehydes is 1. The molecule has 1 aromatic carbocycles. The van der Waals surface area contributed by atoms with E-state index in [4.69, 9.17) is 0 Å². The van der Waals surface area contributed by atoms with Gasteiger partial charge in [0.1, 0.15) is 5.82 Å². The summed E-state index contributed by atoms with van der Waals surface area (Å²) in [5, 5.41) is 0. The van der Waals surface area contributed by atoms with Crippen molar-refractivity contribution in [2.45, 2.75) is 6.18 Å². The van der Waals surface area contributed by atoms with Crippen LogP contribution in [-0.4, -0.2) is 6.29 Å². The van der Waals surface area contributed by atoms with Crippen LogP contribution in [0.15, 0.2) is 18.2 Å². The summed E-state index contributed by atoms with van der Waals surface area (Å²) in [4.78, 5) is 9.84. The maximum atomic E-state index is 12.9. The first-order chi connectivity index (χ1) is 6.95. The highest BCUT2D eigenvalue weighted by Crippen LogP contribution is 2.31. The van der Waals surface area contributed by atoms with E-state index in [-0.39, 0.29) is 11.8 Å². The van der Waals surface area contributed by atoms with Gasteiger partial charge in [-0.15, -0.1) is 0 Å². The minimum absolute atomic E-state index is 0.0209. The van der Waals surface area contributed by atoms with Gasteiger partial charge in [-0.25, -0.2) is 4.39 Å². The maximum Gasteiger partial charge on any atom is 0.419 e. The number of hydrogen-bond donors (Lipinski definition) is 0. The third-order valence-corrected chi connectivity index (χ3v) is 1.55. The lowest BCUT2D eigenvalue weighted by Gasteiger charge is -2.07. The number of alkyl halides is 3. The molecular formula is C10H4F4O. The molecule has 0 heterocycles. The number of hydrogen-bond acceptors (Lipinski definition) is 1. The van der Waals surface area contributed by atoms with E-state index >= 15 is 0 Å². The molecule has 0 amide bonds. The molecule has 0 fully saturated rings. The molecule has 0 bridgehead atoms. The van der Waals surface area contributed by atoms with E-state index in [1.165, 1.54) is 0 Å². The summed E-state index contributed by atoms with van der Waals surface area (Å²) in [6.07, 6.45) is -4.45. The second kappa shape index (κ2) is 4.13. The van der Waals surface area contributed by atoms with Crippen molar-refractivity contribution in [3.63, 3.8) is 0 Å². The Balaban J connectivity index is 3.14. The molecule has 1 nitrogen and oxygen atoms in total. The van der Waals surface area contributed by atoms with Crippen LogP contribution < -0.4 is 0 Å². The van der Waals surface area contributed by atoms with Crippen LogP contribution in [0.25, 0.3) is 0 Å². The lowest BCUT2D eigenvalue weighted by Crippen LogP contribution is -2.07. The second-order valence-electron chi connectivity index (χ2n) is 2.58. The van der Waals surface area contributed by atoms with Gasteiger partial charge < -0.3 is 0 Å². The topological polar surface area (TPSA) is 17.1 Å². The predicted octanol–water partition coefficient (Wildman–Crippen LogP) is 2.39. The van der Waals surface area contributed by atoms with Crippen molar-refractivity contribution in [1.82, 2.24) is 0 Å². The van der Waals surface area contributed by atoms with Gasteiger partial charge in [-0.2, -0.15) is 13.2 Å². The summed E-state index contributed by atoms with van der Waals surface area (Å²) in [7, 11) is 0. The molecule has 0 N–H and O–H groups in total. The van der Waals surface area contributed by atoms with Crippen molar-refractivity contribution in [2.75, 3.05) is 0 Å². The van der Waals surface area contributed by atoms with E-state index in [2.05, 4.69) is 5.92 Å². The molecule has 0 unspecified atom stereocenters. The first kappa shape index (κ1) is 11.2. The summed E-state index contributed by atoms with van der Waals surface area (Å²) in [6, 6.07) is 2.23. The van der Waals surface area contributed by atoms with Gasteiger partial charge in [0.05, 0.1) is 5.56 Å². The quantitative estimate of drug-likeness (QED) is 0.369. The molecule has 1 aromatic rings. The van der Waals surface area contributed by atoms with E-state index in [1.807, 2.05) is 5.92 Å². The molecule has 0 saturated carbocycles. The Kier molecular flexibility index (Phi) is 3.10. The Morgan fingerprint density at radius 1 is 1.27 bits per heavy atom. The van der Waals surface area contributed by atoms with Gasteiger partial charge in [0.2, 0.25) is 0 Å². The Hall–Kier alpha value is -1.83. The molecule has 0 aliphatic heterocycles. The highest BCUT2D eigenvalue weighted by atomic mass is 19.4. The first-order valence-electron chi connectivity index (χ1n) is 3.77. The van der Waals surface area contributed by atoms with Gasteiger partial charge in [0.15, 0.2) is 6.29 Å². The number of carbonyl (C=O) groups is 1. The fourth-order valence-corrected chi connectivity index (χ4v) is 0.936. The van der Waals surface area contributed by atoms with Crippen LogP contribution in [0.4, 0.5) is 17.6 Å². The fourth-order valence-electron chi connectivity index (χ4n) is 0.936. The maximum absolute atomic E-state index is 12.9. The molecule has 0 aliphatic carbocycles. The van der Waals surface area contributed by atoms with E-state index in [1.54, 1.807) is 0 Å². The summed E-state index contributed by atoms with van der Waals surface area (Å²) in [5.41, 5.74) is -1.33.